The molecule has 0 aromatic heterocycles. The number of rotatable bonds is 7. The number of nitrogens with one attached hydrogen (secondary N) is 2. The summed E-state index contributed by atoms with van der Waals surface area (Å²) in [5.41, 5.74) is 0.838. The molecule has 0 radical (unpaired) electrons. The molecule has 2 N–H and O–H groups in total. The molecule has 0 aliphatic carbocycles. The van der Waals surface area contributed by atoms with Crippen molar-refractivity contribution in [2.45, 2.75) is 19.8 Å². The van der Waals surface area contributed by atoms with Crippen LogP contribution >= 0.6 is 12.2 Å². The van der Waals surface area contributed by atoms with Crippen LogP contribution in [-0.2, 0) is 0 Å². The third-order valence-electron chi connectivity index (χ3n) is 3.46. The Hall–Kier alpha value is -3.00. The van der Waals surface area contributed by atoms with E-state index in [9.17, 15) is 14.9 Å². The first-order valence-corrected chi connectivity index (χ1v) is 8.50. The van der Waals surface area contributed by atoms with E-state index in [1.165, 1.54) is 24.3 Å². The Balaban J connectivity index is 1.98. The summed E-state index contributed by atoms with van der Waals surface area (Å²) in [6.45, 7) is 2.67. The smallest absolute Gasteiger partial charge is 0.269 e. The number of amides is 1. The molecule has 0 saturated carbocycles. The average molecular weight is 373 g/mol. The van der Waals surface area contributed by atoms with Gasteiger partial charge in [-0.25, -0.2) is 0 Å². The molecule has 1 amide bonds. The van der Waals surface area contributed by atoms with Gasteiger partial charge in [-0.15, -0.1) is 0 Å². The van der Waals surface area contributed by atoms with Crippen molar-refractivity contribution in [2.75, 3.05) is 11.9 Å². The highest BCUT2D eigenvalue weighted by atomic mass is 32.1. The lowest BCUT2D eigenvalue weighted by Crippen LogP contribution is -2.34. The number of anilines is 1. The van der Waals surface area contributed by atoms with Crippen LogP contribution in [0.1, 0.15) is 30.1 Å². The molecule has 7 nitrogen and oxygen atoms in total. The summed E-state index contributed by atoms with van der Waals surface area (Å²) in [5, 5.41) is 16.2. The van der Waals surface area contributed by atoms with Gasteiger partial charge in [0.25, 0.3) is 11.6 Å². The van der Waals surface area contributed by atoms with Crippen molar-refractivity contribution >= 4 is 34.6 Å². The molecule has 26 heavy (non-hydrogen) atoms. The fraction of sp³-hybridized carbons (Fsp3) is 0.222. The summed E-state index contributed by atoms with van der Waals surface area (Å²) in [7, 11) is 0. The average Bonchev–Trinajstić information content (AvgIpc) is 2.63. The lowest BCUT2D eigenvalue weighted by atomic mass is 10.2. The normalized spacial score (nSPS) is 10.0. The van der Waals surface area contributed by atoms with Crippen LogP contribution in [0.25, 0.3) is 0 Å². The SMILES string of the molecule is CCCCOc1ccccc1NC(=S)NC(=O)c1ccc([N+](=O)[O-])cc1. The number of para-hydroxylation sites is 2. The van der Waals surface area contributed by atoms with Crippen molar-refractivity contribution in [3.8, 4) is 5.75 Å². The highest BCUT2D eigenvalue weighted by Gasteiger charge is 2.12. The Morgan fingerprint density at radius 2 is 1.88 bits per heavy atom. The van der Waals surface area contributed by atoms with E-state index in [4.69, 9.17) is 17.0 Å². The molecule has 0 spiro atoms. The quantitative estimate of drug-likeness (QED) is 0.331. The molecular weight excluding hydrogens is 354 g/mol. The van der Waals surface area contributed by atoms with Gasteiger partial charge in [0.1, 0.15) is 5.75 Å². The Bertz CT molecular complexity index is 793. The van der Waals surface area contributed by atoms with Crippen molar-refractivity contribution in [1.82, 2.24) is 5.32 Å². The minimum Gasteiger partial charge on any atom is -0.491 e. The van der Waals surface area contributed by atoms with Gasteiger partial charge >= 0.3 is 0 Å². The van der Waals surface area contributed by atoms with E-state index >= 15 is 0 Å². The summed E-state index contributed by atoms with van der Waals surface area (Å²) in [6.07, 6.45) is 1.97. The van der Waals surface area contributed by atoms with E-state index in [2.05, 4.69) is 17.6 Å². The first-order valence-electron chi connectivity index (χ1n) is 8.10. The van der Waals surface area contributed by atoms with Crippen LogP contribution in [0, 0.1) is 10.1 Å². The molecule has 0 bridgehead atoms. The molecule has 8 heteroatoms. The molecule has 0 saturated heterocycles. The van der Waals surface area contributed by atoms with Crippen LogP contribution in [0.2, 0.25) is 0 Å². The minimum atomic E-state index is -0.524. The third-order valence-corrected chi connectivity index (χ3v) is 3.66. The summed E-state index contributed by atoms with van der Waals surface area (Å²) in [4.78, 5) is 22.3. The fourth-order valence-electron chi connectivity index (χ4n) is 2.09. The number of non-ortho nitro benzene ring substituents is 1. The third kappa shape index (κ3) is 5.52. The van der Waals surface area contributed by atoms with Crippen molar-refractivity contribution in [3.63, 3.8) is 0 Å². The van der Waals surface area contributed by atoms with Crippen LogP contribution < -0.4 is 15.4 Å². The van der Waals surface area contributed by atoms with E-state index in [1.807, 2.05) is 18.2 Å². The number of ether oxygens (including phenoxy) is 1. The van der Waals surface area contributed by atoms with E-state index in [0.717, 1.165) is 12.8 Å². The van der Waals surface area contributed by atoms with Gasteiger partial charge in [-0.3, -0.25) is 20.2 Å². The van der Waals surface area contributed by atoms with E-state index in [1.54, 1.807) is 6.07 Å². The second-order valence-electron chi connectivity index (χ2n) is 5.41. The van der Waals surface area contributed by atoms with Crippen LogP contribution in [0.4, 0.5) is 11.4 Å². The van der Waals surface area contributed by atoms with Crippen LogP contribution in [0.3, 0.4) is 0 Å². The Kier molecular flexibility index (Phi) is 7.04. The van der Waals surface area contributed by atoms with Gasteiger partial charge in [-0.2, -0.15) is 0 Å². The number of benzene rings is 2. The number of nitro benzene ring substituents is 1. The zero-order valence-electron chi connectivity index (χ0n) is 14.2. The summed E-state index contributed by atoms with van der Waals surface area (Å²) < 4.78 is 5.70. The van der Waals surface area contributed by atoms with Crippen LogP contribution in [0.5, 0.6) is 5.75 Å². The van der Waals surface area contributed by atoms with Crippen LogP contribution in [-0.4, -0.2) is 22.5 Å². The first kappa shape index (κ1) is 19.3. The Labute approximate surface area is 156 Å². The molecule has 2 rings (SSSR count). The summed E-state index contributed by atoms with van der Waals surface area (Å²) in [5.74, 6) is 0.190. The molecule has 0 aliphatic heterocycles. The molecule has 136 valence electrons. The molecule has 0 fully saturated rings. The maximum atomic E-state index is 12.2. The fourth-order valence-corrected chi connectivity index (χ4v) is 2.29. The predicted octanol–water partition coefficient (Wildman–Crippen LogP) is 3.90. The molecule has 0 atom stereocenters. The van der Waals surface area contributed by atoms with Crippen molar-refractivity contribution < 1.29 is 14.5 Å². The molecule has 0 unspecified atom stereocenters. The lowest BCUT2D eigenvalue weighted by molar-refractivity contribution is -0.384. The molecule has 2 aromatic rings. The van der Waals surface area contributed by atoms with Gasteiger partial charge < -0.3 is 10.1 Å². The van der Waals surface area contributed by atoms with Gasteiger partial charge in [0.05, 0.1) is 17.2 Å². The molecule has 0 aliphatic rings. The molecule has 0 heterocycles. The summed E-state index contributed by atoms with van der Waals surface area (Å²) >= 11 is 5.17. The highest BCUT2D eigenvalue weighted by Crippen LogP contribution is 2.24. The van der Waals surface area contributed by atoms with Crippen molar-refractivity contribution in [3.05, 3.63) is 64.2 Å². The molecule has 2 aromatic carbocycles. The number of nitro groups is 1. The zero-order chi connectivity index (χ0) is 18.9. The number of nitrogens with zero attached hydrogens (tertiary/aromatic N) is 1. The minimum absolute atomic E-state index is 0.0830. The Morgan fingerprint density at radius 1 is 1.19 bits per heavy atom. The van der Waals surface area contributed by atoms with Gasteiger partial charge in [0.15, 0.2) is 5.11 Å². The van der Waals surface area contributed by atoms with Gasteiger partial charge in [0.2, 0.25) is 0 Å². The van der Waals surface area contributed by atoms with E-state index < -0.39 is 10.8 Å². The van der Waals surface area contributed by atoms with Crippen LogP contribution in [0.15, 0.2) is 48.5 Å². The van der Waals surface area contributed by atoms with E-state index in [0.29, 0.717) is 18.0 Å². The van der Waals surface area contributed by atoms with Crippen molar-refractivity contribution in [1.29, 1.82) is 0 Å². The topological polar surface area (TPSA) is 93.5 Å². The molecular formula is C18H19N3O4S. The van der Waals surface area contributed by atoms with Gasteiger partial charge in [-0.05, 0) is 42.9 Å². The second-order valence-corrected chi connectivity index (χ2v) is 5.82. The number of thiocarbonyl (C=S) groups is 1. The zero-order valence-corrected chi connectivity index (χ0v) is 15.0. The lowest BCUT2D eigenvalue weighted by Gasteiger charge is -2.14. The maximum absolute atomic E-state index is 12.2. The van der Waals surface area contributed by atoms with Gasteiger partial charge in [-0.1, -0.05) is 25.5 Å². The predicted molar refractivity (Wildman–Crippen MR) is 104 cm³/mol. The standard InChI is InChI=1S/C18H19N3O4S/c1-2-3-12-25-16-7-5-4-6-15(16)19-18(26)20-17(22)13-8-10-14(11-9-13)21(23)24/h4-11H,2-3,12H2,1H3,(H2,19,20,22,26). The number of hydrogen-bond donors (Lipinski definition) is 2. The number of carbonyl (C=O) groups excluding carboxylic acids is 1. The monoisotopic (exact) mass is 373 g/mol. The maximum Gasteiger partial charge on any atom is 0.269 e. The number of hydrogen-bond acceptors (Lipinski definition) is 5. The number of unbranched alkanes of at least 4 members (excludes halogenated alkanes) is 1. The Morgan fingerprint density at radius 3 is 2.54 bits per heavy atom. The first-order chi connectivity index (χ1) is 12.5. The van der Waals surface area contributed by atoms with Gasteiger partial charge in [0, 0.05) is 17.7 Å². The number of carbonyl (C=O) groups is 1. The highest BCUT2D eigenvalue weighted by molar-refractivity contribution is 7.80. The summed E-state index contributed by atoms with van der Waals surface area (Å²) in [6, 6.07) is 12.6. The second kappa shape index (κ2) is 9.47. The van der Waals surface area contributed by atoms with Crippen molar-refractivity contribution in [2.24, 2.45) is 0 Å². The van der Waals surface area contributed by atoms with E-state index in [-0.39, 0.29) is 16.4 Å². The largest absolute Gasteiger partial charge is 0.491 e.